The van der Waals surface area contributed by atoms with Crippen LogP contribution in [0.25, 0.3) is 11.0 Å². The number of anilines is 1. The Kier molecular flexibility index (Phi) is 3.11. The molecule has 0 bridgehead atoms. The molecule has 1 amide bonds. The van der Waals surface area contributed by atoms with Gasteiger partial charge < -0.3 is 5.32 Å². The molecule has 110 valence electrons. The molecule has 5 heteroatoms. The molecule has 2 N–H and O–H groups in total. The first-order valence-corrected chi connectivity index (χ1v) is 7.54. The third-order valence-corrected chi connectivity index (χ3v) is 4.22. The average Bonchev–Trinajstić information content (AvgIpc) is 3.02. The van der Waals surface area contributed by atoms with Crippen molar-refractivity contribution < 1.29 is 4.79 Å². The first kappa shape index (κ1) is 13.0. The molecular formula is C17H16N4O. The predicted octanol–water partition coefficient (Wildman–Crippen LogP) is 3.09. The number of hydrogen-bond donors (Lipinski definition) is 2. The van der Waals surface area contributed by atoms with Crippen molar-refractivity contribution in [3.63, 3.8) is 0 Å². The van der Waals surface area contributed by atoms with Crippen LogP contribution in [0.5, 0.6) is 0 Å². The van der Waals surface area contributed by atoms with E-state index in [4.69, 9.17) is 0 Å². The van der Waals surface area contributed by atoms with E-state index in [9.17, 15) is 4.79 Å². The normalized spacial score (nSPS) is 13.8. The van der Waals surface area contributed by atoms with Gasteiger partial charge in [-0.3, -0.25) is 4.79 Å². The molecule has 0 unspecified atom stereocenters. The largest absolute Gasteiger partial charge is 0.322 e. The van der Waals surface area contributed by atoms with Gasteiger partial charge in [0.15, 0.2) is 0 Å². The smallest absolute Gasteiger partial charge is 0.255 e. The minimum Gasteiger partial charge on any atom is -0.322 e. The van der Waals surface area contributed by atoms with Gasteiger partial charge in [0, 0.05) is 11.3 Å². The summed E-state index contributed by atoms with van der Waals surface area (Å²) in [6, 6.07) is 11.5. The minimum absolute atomic E-state index is 0.108. The standard InChI is InChI=1S/C17H16N4O/c22-17(12-8-9-15-16(10-12)20-21-19-15)18-14-7-3-5-11-4-1-2-6-13(11)14/h3,5,7-10H,1-2,4,6H2,(H,18,22)(H,19,20,21). The van der Waals surface area contributed by atoms with Crippen LogP contribution in [0.15, 0.2) is 36.4 Å². The maximum Gasteiger partial charge on any atom is 0.255 e. The third kappa shape index (κ3) is 2.24. The number of aryl methyl sites for hydroxylation is 1. The predicted molar refractivity (Wildman–Crippen MR) is 84.9 cm³/mol. The molecule has 1 aromatic heterocycles. The molecule has 0 fully saturated rings. The second-order valence-electron chi connectivity index (χ2n) is 5.63. The quantitative estimate of drug-likeness (QED) is 0.762. The molecule has 2 aromatic carbocycles. The van der Waals surface area contributed by atoms with E-state index < -0.39 is 0 Å². The number of amides is 1. The number of hydrogen-bond acceptors (Lipinski definition) is 3. The Morgan fingerprint density at radius 1 is 1.05 bits per heavy atom. The monoisotopic (exact) mass is 292 g/mol. The Morgan fingerprint density at radius 2 is 1.91 bits per heavy atom. The van der Waals surface area contributed by atoms with E-state index in [-0.39, 0.29) is 5.91 Å². The maximum absolute atomic E-state index is 12.5. The lowest BCUT2D eigenvalue weighted by Crippen LogP contribution is -2.15. The molecule has 0 radical (unpaired) electrons. The molecule has 1 aliphatic rings. The highest BCUT2D eigenvalue weighted by atomic mass is 16.1. The van der Waals surface area contributed by atoms with Crippen molar-refractivity contribution in [1.29, 1.82) is 0 Å². The molecular weight excluding hydrogens is 276 g/mol. The van der Waals surface area contributed by atoms with Crippen molar-refractivity contribution in [1.82, 2.24) is 15.4 Å². The van der Waals surface area contributed by atoms with Gasteiger partial charge in [0.25, 0.3) is 5.91 Å². The number of nitrogens with one attached hydrogen (secondary N) is 2. The molecule has 0 spiro atoms. The molecule has 1 aliphatic carbocycles. The Bertz CT molecular complexity index is 853. The van der Waals surface area contributed by atoms with Crippen LogP contribution in [0.4, 0.5) is 5.69 Å². The first-order valence-electron chi connectivity index (χ1n) is 7.54. The highest BCUT2D eigenvalue weighted by molar-refractivity contribution is 6.06. The minimum atomic E-state index is -0.108. The summed E-state index contributed by atoms with van der Waals surface area (Å²) in [7, 11) is 0. The zero-order valence-electron chi connectivity index (χ0n) is 12.1. The van der Waals surface area contributed by atoms with Crippen LogP contribution in [-0.2, 0) is 12.8 Å². The fraction of sp³-hybridized carbons (Fsp3) is 0.235. The number of H-pyrrole nitrogens is 1. The molecule has 0 saturated heterocycles. The topological polar surface area (TPSA) is 70.7 Å². The van der Waals surface area contributed by atoms with Crippen LogP contribution < -0.4 is 5.32 Å². The lowest BCUT2D eigenvalue weighted by atomic mass is 9.90. The van der Waals surface area contributed by atoms with Crippen molar-refractivity contribution >= 4 is 22.6 Å². The number of aromatic nitrogens is 3. The lowest BCUT2D eigenvalue weighted by Gasteiger charge is -2.19. The van der Waals surface area contributed by atoms with Crippen LogP contribution >= 0.6 is 0 Å². The van der Waals surface area contributed by atoms with Crippen LogP contribution in [-0.4, -0.2) is 21.3 Å². The Labute approximate surface area is 127 Å². The SMILES string of the molecule is O=C(Nc1cccc2c1CCCC2)c1ccc2n[nH]nc2c1. The van der Waals surface area contributed by atoms with Crippen molar-refractivity contribution in [3.8, 4) is 0 Å². The van der Waals surface area contributed by atoms with Crippen LogP contribution in [0.2, 0.25) is 0 Å². The zero-order valence-corrected chi connectivity index (χ0v) is 12.1. The third-order valence-electron chi connectivity index (χ3n) is 4.22. The maximum atomic E-state index is 12.5. The number of carbonyl (C=O) groups is 1. The Balaban J connectivity index is 1.64. The van der Waals surface area contributed by atoms with E-state index in [1.54, 1.807) is 18.2 Å². The van der Waals surface area contributed by atoms with Gasteiger partial charge in [-0.25, -0.2) is 0 Å². The molecule has 1 heterocycles. The van der Waals surface area contributed by atoms with Crippen LogP contribution in [0.1, 0.15) is 34.3 Å². The number of rotatable bonds is 2. The highest BCUT2D eigenvalue weighted by Gasteiger charge is 2.15. The first-order chi connectivity index (χ1) is 10.8. The van der Waals surface area contributed by atoms with E-state index in [1.807, 2.05) is 12.1 Å². The fourth-order valence-electron chi connectivity index (χ4n) is 3.07. The van der Waals surface area contributed by atoms with E-state index >= 15 is 0 Å². The van der Waals surface area contributed by atoms with Gasteiger partial charge in [-0.1, -0.05) is 12.1 Å². The Hall–Kier alpha value is -2.69. The molecule has 5 nitrogen and oxygen atoms in total. The molecule has 0 atom stereocenters. The Morgan fingerprint density at radius 3 is 2.86 bits per heavy atom. The number of nitrogens with zero attached hydrogens (tertiary/aromatic N) is 2. The summed E-state index contributed by atoms with van der Waals surface area (Å²) in [5, 5.41) is 13.6. The fourth-order valence-corrected chi connectivity index (χ4v) is 3.07. The molecule has 4 rings (SSSR count). The van der Waals surface area contributed by atoms with E-state index in [0.29, 0.717) is 11.1 Å². The summed E-state index contributed by atoms with van der Waals surface area (Å²) in [5.41, 5.74) is 5.62. The van der Waals surface area contributed by atoms with Gasteiger partial charge in [-0.05, 0) is 61.1 Å². The highest BCUT2D eigenvalue weighted by Crippen LogP contribution is 2.28. The number of carbonyl (C=O) groups excluding carboxylic acids is 1. The van der Waals surface area contributed by atoms with Crippen molar-refractivity contribution in [2.24, 2.45) is 0 Å². The number of aromatic amines is 1. The van der Waals surface area contributed by atoms with E-state index in [0.717, 1.165) is 24.0 Å². The van der Waals surface area contributed by atoms with Crippen LogP contribution in [0.3, 0.4) is 0 Å². The number of fused-ring (bicyclic) bond motifs is 2. The van der Waals surface area contributed by atoms with Gasteiger partial charge in [0.2, 0.25) is 0 Å². The van der Waals surface area contributed by atoms with Gasteiger partial charge in [-0.2, -0.15) is 15.4 Å². The van der Waals surface area contributed by atoms with Gasteiger partial charge >= 0.3 is 0 Å². The van der Waals surface area contributed by atoms with Gasteiger partial charge in [0.05, 0.1) is 0 Å². The lowest BCUT2D eigenvalue weighted by molar-refractivity contribution is 0.102. The van der Waals surface area contributed by atoms with Crippen molar-refractivity contribution in [2.75, 3.05) is 5.32 Å². The average molecular weight is 292 g/mol. The van der Waals surface area contributed by atoms with E-state index in [2.05, 4.69) is 26.8 Å². The summed E-state index contributed by atoms with van der Waals surface area (Å²) in [6.45, 7) is 0. The zero-order chi connectivity index (χ0) is 14.9. The second kappa shape index (κ2) is 5.26. The van der Waals surface area contributed by atoms with Crippen molar-refractivity contribution in [3.05, 3.63) is 53.1 Å². The summed E-state index contributed by atoms with van der Waals surface area (Å²) >= 11 is 0. The van der Waals surface area contributed by atoms with E-state index in [1.165, 1.54) is 24.0 Å². The van der Waals surface area contributed by atoms with Crippen LogP contribution in [0, 0.1) is 0 Å². The van der Waals surface area contributed by atoms with Gasteiger partial charge in [0.1, 0.15) is 11.0 Å². The summed E-state index contributed by atoms with van der Waals surface area (Å²) in [5.74, 6) is -0.108. The summed E-state index contributed by atoms with van der Waals surface area (Å²) < 4.78 is 0. The second-order valence-corrected chi connectivity index (χ2v) is 5.63. The van der Waals surface area contributed by atoms with Crippen molar-refractivity contribution in [2.45, 2.75) is 25.7 Å². The molecule has 0 aliphatic heterocycles. The molecule has 22 heavy (non-hydrogen) atoms. The summed E-state index contributed by atoms with van der Waals surface area (Å²) in [4.78, 5) is 12.5. The van der Waals surface area contributed by atoms with Gasteiger partial charge in [-0.15, -0.1) is 0 Å². The molecule has 3 aromatic rings. The molecule has 0 saturated carbocycles. The number of benzene rings is 2. The summed E-state index contributed by atoms with van der Waals surface area (Å²) in [6.07, 6.45) is 4.55.